The molecule has 1 atom stereocenters. The Kier molecular flexibility index (Phi) is 5.84. The maximum Gasteiger partial charge on any atom is 0.225 e. The van der Waals surface area contributed by atoms with Gasteiger partial charge in [-0.1, -0.05) is 30.3 Å². The van der Waals surface area contributed by atoms with E-state index in [-0.39, 0.29) is 24.8 Å². The number of pyridine rings is 1. The molecule has 7 heteroatoms. The van der Waals surface area contributed by atoms with E-state index in [1.165, 1.54) is 0 Å². The lowest BCUT2D eigenvalue weighted by Crippen LogP contribution is -2.29. The molecule has 23 heavy (non-hydrogen) atoms. The summed E-state index contributed by atoms with van der Waals surface area (Å²) < 4.78 is 25.1. The first-order chi connectivity index (χ1) is 10.9. The highest BCUT2D eigenvalue weighted by Gasteiger charge is 2.17. The van der Waals surface area contributed by atoms with Crippen molar-refractivity contribution in [2.24, 2.45) is 0 Å². The molecule has 0 saturated heterocycles. The first kappa shape index (κ1) is 17.1. The van der Waals surface area contributed by atoms with Crippen molar-refractivity contribution in [3.05, 3.63) is 60.4 Å². The van der Waals surface area contributed by atoms with Crippen molar-refractivity contribution in [2.45, 2.75) is 12.3 Å². The number of nitrogens with zero attached hydrogens (tertiary/aromatic N) is 1. The zero-order chi connectivity index (χ0) is 16.7. The van der Waals surface area contributed by atoms with Crippen molar-refractivity contribution in [1.82, 2.24) is 9.71 Å². The standard InChI is InChI=1S/C16H19N3O3S/c1-23(21,22)18-11-14(13-6-3-2-4-7-13)10-16(20)19-15-8-5-9-17-12-15/h2-9,12,14,18H,10-11H2,1H3,(H,19,20). The molecule has 0 saturated carbocycles. The van der Waals surface area contributed by atoms with Crippen LogP contribution in [0.1, 0.15) is 17.9 Å². The average molecular weight is 333 g/mol. The molecule has 0 aliphatic heterocycles. The molecule has 0 aliphatic carbocycles. The summed E-state index contributed by atoms with van der Waals surface area (Å²) in [6, 6.07) is 12.8. The molecular formula is C16H19N3O3S. The van der Waals surface area contributed by atoms with Crippen LogP contribution in [0.5, 0.6) is 0 Å². The topological polar surface area (TPSA) is 88.2 Å². The third-order valence-electron chi connectivity index (χ3n) is 3.24. The fourth-order valence-corrected chi connectivity index (χ4v) is 2.66. The molecule has 2 rings (SSSR count). The van der Waals surface area contributed by atoms with Gasteiger partial charge in [-0.3, -0.25) is 9.78 Å². The van der Waals surface area contributed by atoms with E-state index in [0.717, 1.165) is 11.8 Å². The second-order valence-electron chi connectivity index (χ2n) is 5.22. The lowest BCUT2D eigenvalue weighted by Gasteiger charge is -2.17. The summed E-state index contributed by atoms with van der Waals surface area (Å²) in [6.07, 6.45) is 4.45. The molecule has 1 unspecified atom stereocenters. The van der Waals surface area contributed by atoms with Crippen molar-refractivity contribution in [2.75, 3.05) is 18.1 Å². The number of carbonyl (C=O) groups is 1. The summed E-state index contributed by atoms with van der Waals surface area (Å²) in [6.45, 7) is 0.170. The Bertz CT molecular complexity index is 734. The summed E-state index contributed by atoms with van der Waals surface area (Å²) in [4.78, 5) is 16.1. The van der Waals surface area contributed by atoms with Gasteiger partial charge < -0.3 is 5.32 Å². The Morgan fingerprint density at radius 1 is 1.17 bits per heavy atom. The van der Waals surface area contributed by atoms with E-state index in [0.29, 0.717) is 5.69 Å². The minimum atomic E-state index is -3.31. The molecule has 0 aliphatic rings. The Labute approximate surface area is 136 Å². The molecule has 0 bridgehead atoms. The molecule has 122 valence electrons. The monoisotopic (exact) mass is 333 g/mol. The number of nitrogens with one attached hydrogen (secondary N) is 2. The number of anilines is 1. The van der Waals surface area contributed by atoms with Crippen LogP contribution in [0.4, 0.5) is 5.69 Å². The van der Waals surface area contributed by atoms with Crippen LogP contribution >= 0.6 is 0 Å². The van der Waals surface area contributed by atoms with Gasteiger partial charge in [0.25, 0.3) is 0 Å². The number of hydrogen-bond acceptors (Lipinski definition) is 4. The van der Waals surface area contributed by atoms with Gasteiger partial charge in [-0.05, 0) is 17.7 Å². The molecule has 0 fully saturated rings. The maximum absolute atomic E-state index is 12.2. The summed E-state index contributed by atoms with van der Waals surface area (Å²) in [5, 5.41) is 2.76. The molecule has 2 aromatic rings. The lowest BCUT2D eigenvalue weighted by atomic mass is 9.95. The van der Waals surface area contributed by atoms with Crippen LogP contribution in [-0.2, 0) is 14.8 Å². The summed E-state index contributed by atoms with van der Waals surface area (Å²) in [5.41, 5.74) is 1.52. The maximum atomic E-state index is 12.2. The number of aromatic nitrogens is 1. The first-order valence-electron chi connectivity index (χ1n) is 7.13. The van der Waals surface area contributed by atoms with Gasteiger partial charge in [0.15, 0.2) is 0 Å². The minimum absolute atomic E-state index is 0.168. The van der Waals surface area contributed by atoms with Gasteiger partial charge in [0.05, 0.1) is 18.1 Å². The van der Waals surface area contributed by atoms with Crippen molar-refractivity contribution < 1.29 is 13.2 Å². The van der Waals surface area contributed by atoms with Gasteiger partial charge in [-0.2, -0.15) is 0 Å². The van der Waals surface area contributed by atoms with Gasteiger partial charge >= 0.3 is 0 Å². The SMILES string of the molecule is CS(=O)(=O)NCC(CC(=O)Nc1cccnc1)c1ccccc1. The number of hydrogen-bond donors (Lipinski definition) is 2. The van der Waals surface area contributed by atoms with E-state index in [1.54, 1.807) is 24.5 Å². The van der Waals surface area contributed by atoms with Crippen molar-refractivity contribution >= 4 is 21.6 Å². The molecule has 1 amide bonds. The van der Waals surface area contributed by atoms with Crippen molar-refractivity contribution in [3.8, 4) is 0 Å². The van der Waals surface area contributed by atoms with E-state index in [1.807, 2.05) is 30.3 Å². The lowest BCUT2D eigenvalue weighted by molar-refractivity contribution is -0.116. The molecule has 0 spiro atoms. The second kappa shape index (κ2) is 7.85. The van der Waals surface area contributed by atoms with Gasteiger partial charge in [0.2, 0.25) is 15.9 Å². The normalized spacial score (nSPS) is 12.6. The van der Waals surface area contributed by atoms with Crippen LogP contribution < -0.4 is 10.0 Å². The number of benzene rings is 1. The Balaban J connectivity index is 2.06. The van der Waals surface area contributed by atoms with E-state index in [4.69, 9.17) is 0 Å². The molecule has 6 nitrogen and oxygen atoms in total. The number of sulfonamides is 1. The van der Waals surface area contributed by atoms with Gasteiger partial charge in [0, 0.05) is 25.1 Å². The highest BCUT2D eigenvalue weighted by atomic mass is 32.2. The third-order valence-corrected chi connectivity index (χ3v) is 3.93. The largest absolute Gasteiger partial charge is 0.325 e. The van der Waals surface area contributed by atoms with Gasteiger partial charge in [0.1, 0.15) is 0 Å². The fraction of sp³-hybridized carbons (Fsp3) is 0.250. The summed E-state index contributed by atoms with van der Waals surface area (Å²) in [5.74, 6) is -0.440. The third kappa shape index (κ3) is 6.17. The number of rotatable bonds is 7. The Morgan fingerprint density at radius 3 is 2.52 bits per heavy atom. The van der Waals surface area contributed by atoms with Crippen LogP contribution in [0.15, 0.2) is 54.9 Å². The molecule has 0 radical (unpaired) electrons. The zero-order valence-electron chi connectivity index (χ0n) is 12.8. The average Bonchev–Trinajstić information content (AvgIpc) is 2.52. The van der Waals surface area contributed by atoms with Gasteiger partial charge in [-0.25, -0.2) is 13.1 Å². The number of amides is 1. The van der Waals surface area contributed by atoms with E-state index >= 15 is 0 Å². The predicted octanol–water partition coefficient (Wildman–Crippen LogP) is 1.74. The predicted molar refractivity (Wildman–Crippen MR) is 89.5 cm³/mol. The van der Waals surface area contributed by atoms with Crippen molar-refractivity contribution in [3.63, 3.8) is 0 Å². The van der Waals surface area contributed by atoms with Crippen molar-refractivity contribution in [1.29, 1.82) is 0 Å². The smallest absolute Gasteiger partial charge is 0.225 e. The van der Waals surface area contributed by atoms with Crippen LogP contribution in [0.25, 0.3) is 0 Å². The minimum Gasteiger partial charge on any atom is -0.325 e. The van der Waals surface area contributed by atoms with Crippen LogP contribution in [-0.4, -0.2) is 32.1 Å². The summed E-state index contributed by atoms with van der Waals surface area (Å²) in [7, 11) is -3.31. The van der Waals surface area contributed by atoms with Crippen LogP contribution in [0, 0.1) is 0 Å². The zero-order valence-corrected chi connectivity index (χ0v) is 13.6. The molecule has 1 heterocycles. The van der Waals surface area contributed by atoms with E-state index in [2.05, 4.69) is 15.0 Å². The van der Waals surface area contributed by atoms with Crippen LogP contribution in [0.2, 0.25) is 0 Å². The molecule has 1 aromatic carbocycles. The molecule has 1 aromatic heterocycles. The highest BCUT2D eigenvalue weighted by molar-refractivity contribution is 7.88. The van der Waals surface area contributed by atoms with Crippen LogP contribution in [0.3, 0.4) is 0 Å². The number of carbonyl (C=O) groups excluding carboxylic acids is 1. The molecule has 2 N–H and O–H groups in total. The van der Waals surface area contributed by atoms with E-state index < -0.39 is 10.0 Å². The Hall–Kier alpha value is -2.25. The van der Waals surface area contributed by atoms with E-state index in [9.17, 15) is 13.2 Å². The Morgan fingerprint density at radius 2 is 1.91 bits per heavy atom. The van der Waals surface area contributed by atoms with Gasteiger partial charge in [-0.15, -0.1) is 0 Å². The molecular weight excluding hydrogens is 314 g/mol. The summed E-state index contributed by atoms with van der Waals surface area (Å²) >= 11 is 0. The fourth-order valence-electron chi connectivity index (χ4n) is 2.16. The highest BCUT2D eigenvalue weighted by Crippen LogP contribution is 2.20. The quantitative estimate of drug-likeness (QED) is 0.808. The second-order valence-corrected chi connectivity index (χ2v) is 7.06. The first-order valence-corrected chi connectivity index (χ1v) is 9.02.